The molecule has 1 aromatic heterocycles. The number of hydrogen-bond acceptors (Lipinski definition) is 3. The Morgan fingerprint density at radius 2 is 2.26 bits per heavy atom. The van der Waals surface area contributed by atoms with Crippen molar-refractivity contribution in [1.82, 2.24) is 10.2 Å². The molecule has 0 saturated carbocycles. The summed E-state index contributed by atoms with van der Waals surface area (Å²) < 4.78 is 5.99. The quantitative estimate of drug-likeness (QED) is 0.914. The molecule has 2 aromatic rings. The van der Waals surface area contributed by atoms with Crippen LogP contribution in [0.3, 0.4) is 0 Å². The maximum Gasteiger partial charge on any atom is 0.227 e. The van der Waals surface area contributed by atoms with Crippen LogP contribution in [0, 0.1) is 5.92 Å². The first kappa shape index (κ1) is 16.1. The number of benzene rings is 1. The fourth-order valence-electron chi connectivity index (χ4n) is 3.39. The Hall–Kier alpha value is -1.81. The molecule has 1 aromatic carbocycles. The van der Waals surface area contributed by atoms with E-state index in [-0.39, 0.29) is 17.9 Å². The summed E-state index contributed by atoms with van der Waals surface area (Å²) in [6.45, 7) is 6.78. The molecule has 1 saturated heterocycles. The molecule has 0 bridgehead atoms. The molecule has 2 atom stereocenters. The highest BCUT2D eigenvalue weighted by Gasteiger charge is 2.30. The van der Waals surface area contributed by atoms with Gasteiger partial charge in [-0.1, -0.05) is 25.1 Å². The summed E-state index contributed by atoms with van der Waals surface area (Å²) in [5.41, 5.74) is 0.887. The molecule has 3 rings (SSSR count). The fourth-order valence-corrected chi connectivity index (χ4v) is 3.39. The SMILES string of the molecule is CCCN(C(=O)C1CCCNC1)C(C)c1cc2ccccc2o1. The molecule has 1 aliphatic heterocycles. The molecule has 23 heavy (non-hydrogen) atoms. The Labute approximate surface area is 137 Å². The third-order valence-electron chi connectivity index (χ3n) is 4.72. The summed E-state index contributed by atoms with van der Waals surface area (Å²) in [5, 5.41) is 4.44. The number of carbonyl (C=O) groups excluding carboxylic acids is 1. The van der Waals surface area contributed by atoms with E-state index in [9.17, 15) is 4.79 Å². The Kier molecular flexibility index (Phi) is 5.01. The number of furan rings is 1. The predicted molar refractivity (Wildman–Crippen MR) is 92.2 cm³/mol. The number of hydrogen-bond donors (Lipinski definition) is 1. The molecule has 1 amide bonds. The molecule has 0 spiro atoms. The Bertz CT molecular complexity index is 625. The van der Waals surface area contributed by atoms with Crippen LogP contribution < -0.4 is 5.32 Å². The minimum absolute atomic E-state index is 0.0308. The minimum Gasteiger partial charge on any atom is -0.459 e. The lowest BCUT2D eigenvalue weighted by Gasteiger charge is -2.33. The second-order valence-electron chi connectivity index (χ2n) is 6.44. The molecule has 1 aliphatic rings. The number of amides is 1. The number of carbonyl (C=O) groups is 1. The van der Waals surface area contributed by atoms with E-state index in [4.69, 9.17) is 4.42 Å². The lowest BCUT2D eigenvalue weighted by molar-refractivity contribution is -0.138. The van der Waals surface area contributed by atoms with Gasteiger partial charge in [0.05, 0.1) is 12.0 Å². The number of para-hydroxylation sites is 1. The van der Waals surface area contributed by atoms with Crippen molar-refractivity contribution in [1.29, 1.82) is 0 Å². The topological polar surface area (TPSA) is 45.5 Å². The summed E-state index contributed by atoms with van der Waals surface area (Å²) in [5.74, 6) is 1.23. The monoisotopic (exact) mass is 314 g/mol. The van der Waals surface area contributed by atoms with Crippen LogP contribution in [0.5, 0.6) is 0 Å². The van der Waals surface area contributed by atoms with Crippen LogP contribution in [-0.4, -0.2) is 30.4 Å². The van der Waals surface area contributed by atoms with Crippen molar-refractivity contribution in [3.8, 4) is 0 Å². The Morgan fingerprint density at radius 1 is 1.43 bits per heavy atom. The van der Waals surface area contributed by atoms with E-state index in [1.165, 1.54) is 0 Å². The molecule has 4 nitrogen and oxygen atoms in total. The van der Waals surface area contributed by atoms with Crippen molar-refractivity contribution < 1.29 is 9.21 Å². The first-order valence-corrected chi connectivity index (χ1v) is 8.70. The zero-order chi connectivity index (χ0) is 16.2. The molecule has 0 radical (unpaired) electrons. The van der Waals surface area contributed by atoms with Gasteiger partial charge in [-0.3, -0.25) is 4.79 Å². The van der Waals surface area contributed by atoms with Crippen molar-refractivity contribution >= 4 is 16.9 Å². The van der Waals surface area contributed by atoms with E-state index in [1.807, 2.05) is 29.2 Å². The van der Waals surface area contributed by atoms with Gasteiger partial charge in [0.15, 0.2) is 0 Å². The number of nitrogens with one attached hydrogen (secondary N) is 1. The van der Waals surface area contributed by atoms with Crippen LogP contribution in [0.25, 0.3) is 11.0 Å². The molecule has 0 aliphatic carbocycles. The van der Waals surface area contributed by atoms with Gasteiger partial charge in [-0.15, -0.1) is 0 Å². The van der Waals surface area contributed by atoms with Gasteiger partial charge in [-0.05, 0) is 44.9 Å². The summed E-state index contributed by atoms with van der Waals surface area (Å²) in [4.78, 5) is 15.0. The first-order valence-electron chi connectivity index (χ1n) is 8.70. The molecule has 124 valence electrons. The second kappa shape index (κ2) is 7.18. The van der Waals surface area contributed by atoms with Crippen LogP contribution in [-0.2, 0) is 4.79 Å². The zero-order valence-corrected chi connectivity index (χ0v) is 14.0. The van der Waals surface area contributed by atoms with E-state index < -0.39 is 0 Å². The third kappa shape index (κ3) is 3.42. The highest BCUT2D eigenvalue weighted by Crippen LogP contribution is 2.29. The smallest absolute Gasteiger partial charge is 0.227 e. The van der Waals surface area contributed by atoms with Crippen molar-refractivity contribution in [2.45, 2.75) is 39.2 Å². The van der Waals surface area contributed by atoms with Gasteiger partial charge < -0.3 is 14.6 Å². The molecule has 1 N–H and O–H groups in total. The maximum atomic E-state index is 13.0. The van der Waals surface area contributed by atoms with Crippen LogP contribution in [0.4, 0.5) is 0 Å². The zero-order valence-electron chi connectivity index (χ0n) is 14.0. The largest absolute Gasteiger partial charge is 0.459 e. The fraction of sp³-hybridized carbons (Fsp3) is 0.526. The Balaban J connectivity index is 1.82. The molecule has 4 heteroatoms. The van der Waals surface area contributed by atoms with Gasteiger partial charge in [0.1, 0.15) is 11.3 Å². The van der Waals surface area contributed by atoms with E-state index in [2.05, 4.69) is 25.2 Å². The molecular weight excluding hydrogens is 288 g/mol. The van der Waals surface area contributed by atoms with E-state index in [1.54, 1.807) is 0 Å². The lowest BCUT2D eigenvalue weighted by atomic mass is 9.97. The normalized spacial score (nSPS) is 19.7. The Morgan fingerprint density at radius 3 is 2.96 bits per heavy atom. The van der Waals surface area contributed by atoms with E-state index in [0.29, 0.717) is 0 Å². The van der Waals surface area contributed by atoms with Crippen molar-refractivity contribution in [2.75, 3.05) is 19.6 Å². The summed E-state index contributed by atoms with van der Waals surface area (Å²) in [7, 11) is 0. The molecule has 2 heterocycles. The van der Waals surface area contributed by atoms with Gasteiger partial charge >= 0.3 is 0 Å². The summed E-state index contributed by atoms with van der Waals surface area (Å²) in [6.07, 6.45) is 3.02. The average molecular weight is 314 g/mol. The lowest BCUT2D eigenvalue weighted by Crippen LogP contribution is -2.44. The number of rotatable bonds is 5. The summed E-state index contributed by atoms with van der Waals surface area (Å²) >= 11 is 0. The van der Waals surface area contributed by atoms with E-state index in [0.717, 1.165) is 55.6 Å². The van der Waals surface area contributed by atoms with Crippen LogP contribution in [0.2, 0.25) is 0 Å². The van der Waals surface area contributed by atoms with Crippen molar-refractivity contribution in [2.24, 2.45) is 5.92 Å². The highest BCUT2D eigenvalue weighted by molar-refractivity contribution is 5.81. The van der Waals surface area contributed by atoms with Crippen LogP contribution >= 0.6 is 0 Å². The van der Waals surface area contributed by atoms with Gasteiger partial charge in [0.2, 0.25) is 5.91 Å². The summed E-state index contributed by atoms with van der Waals surface area (Å²) in [6, 6.07) is 10.0. The van der Waals surface area contributed by atoms with Gasteiger partial charge in [0.25, 0.3) is 0 Å². The van der Waals surface area contributed by atoms with Crippen molar-refractivity contribution in [3.63, 3.8) is 0 Å². The number of fused-ring (bicyclic) bond motifs is 1. The minimum atomic E-state index is -0.0308. The molecular formula is C19H26N2O2. The highest BCUT2D eigenvalue weighted by atomic mass is 16.3. The van der Waals surface area contributed by atoms with Crippen molar-refractivity contribution in [3.05, 3.63) is 36.1 Å². The first-order chi connectivity index (χ1) is 11.2. The average Bonchev–Trinajstić information content (AvgIpc) is 3.03. The van der Waals surface area contributed by atoms with Gasteiger partial charge in [0, 0.05) is 18.5 Å². The number of nitrogens with zero attached hydrogens (tertiary/aromatic N) is 1. The predicted octanol–water partition coefficient (Wildman–Crippen LogP) is 3.73. The van der Waals surface area contributed by atoms with Gasteiger partial charge in [-0.25, -0.2) is 0 Å². The molecule has 1 fully saturated rings. The van der Waals surface area contributed by atoms with Crippen LogP contribution in [0.15, 0.2) is 34.7 Å². The molecule has 2 unspecified atom stereocenters. The van der Waals surface area contributed by atoms with Crippen LogP contribution in [0.1, 0.15) is 44.9 Å². The number of piperidine rings is 1. The van der Waals surface area contributed by atoms with Gasteiger partial charge in [-0.2, -0.15) is 0 Å². The third-order valence-corrected chi connectivity index (χ3v) is 4.72. The second-order valence-corrected chi connectivity index (χ2v) is 6.44. The van der Waals surface area contributed by atoms with E-state index >= 15 is 0 Å². The maximum absolute atomic E-state index is 13.0. The standard InChI is InChI=1S/C19H26N2O2/c1-3-11-21(19(22)16-8-6-10-20-13-16)14(2)18-12-15-7-4-5-9-17(15)23-18/h4-5,7,9,12,14,16,20H,3,6,8,10-11,13H2,1-2H3.